The lowest BCUT2D eigenvalue weighted by molar-refractivity contribution is -0.143. The topological polar surface area (TPSA) is 86.3 Å². The predicted molar refractivity (Wildman–Crippen MR) is 81.7 cm³/mol. The van der Waals surface area contributed by atoms with Crippen molar-refractivity contribution in [2.75, 3.05) is 13.1 Å². The number of piperidine rings is 1. The largest absolute Gasteiger partial charge is 0.481 e. The van der Waals surface area contributed by atoms with Crippen LogP contribution >= 0.6 is 0 Å². The van der Waals surface area contributed by atoms with E-state index >= 15 is 0 Å². The molecule has 0 saturated carbocycles. The van der Waals surface area contributed by atoms with Crippen molar-refractivity contribution in [1.82, 2.24) is 14.9 Å². The maximum absolute atomic E-state index is 12.6. The van der Waals surface area contributed by atoms with Crippen LogP contribution in [0.1, 0.15) is 35.9 Å². The van der Waals surface area contributed by atoms with Crippen LogP contribution < -0.4 is 0 Å². The summed E-state index contributed by atoms with van der Waals surface area (Å²) in [5, 5.41) is 9.13. The lowest BCUT2D eigenvalue weighted by Gasteiger charge is -2.30. The van der Waals surface area contributed by atoms with Crippen LogP contribution in [-0.4, -0.2) is 44.9 Å². The van der Waals surface area contributed by atoms with E-state index in [0.717, 1.165) is 29.7 Å². The Labute approximate surface area is 128 Å². The Morgan fingerprint density at radius 2 is 2.27 bits per heavy atom. The summed E-state index contributed by atoms with van der Waals surface area (Å²) in [6.45, 7) is 2.92. The summed E-state index contributed by atoms with van der Waals surface area (Å²) in [6, 6.07) is 5.39. The van der Waals surface area contributed by atoms with Gasteiger partial charge in [0.25, 0.3) is 5.91 Å². The van der Waals surface area contributed by atoms with Crippen molar-refractivity contribution in [2.24, 2.45) is 5.92 Å². The molecule has 22 heavy (non-hydrogen) atoms. The molecule has 1 atom stereocenters. The van der Waals surface area contributed by atoms with Gasteiger partial charge < -0.3 is 15.0 Å². The number of aryl methyl sites for hydroxylation is 1. The number of carboxylic acid groups (broad SMARTS) is 1. The summed E-state index contributed by atoms with van der Waals surface area (Å²) in [7, 11) is 0. The molecule has 1 aromatic heterocycles. The molecule has 1 aliphatic heterocycles. The van der Waals surface area contributed by atoms with Crippen molar-refractivity contribution >= 4 is 22.9 Å². The van der Waals surface area contributed by atoms with Crippen LogP contribution in [0.25, 0.3) is 11.0 Å². The van der Waals surface area contributed by atoms with Crippen molar-refractivity contribution < 1.29 is 14.7 Å². The zero-order valence-corrected chi connectivity index (χ0v) is 12.5. The molecule has 3 rings (SSSR count). The number of hydrogen-bond acceptors (Lipinski definition) is 3. The second kappa shape index (κ2) is 5.79. The number of carbonyl (C=O) groups excluding carboxylic acids is 1. The van der Waals surface area contributed by atoms with Gasteiger partial charge in [0.05, 0.1) is 17.0 Å². The molecule has 2 N–H and O–H groups in total. The van der Waals surface area contributed by atoms with Gasteiger partial charge in [0.15, 0.2) is 0 Å². The van der Waals surface area contributed by atoms with Crippen LogP contribution in [0, 0.1) is 5.92 Å². The highest BCUT2D eigenvalue weighted by Gasteiger charge is 2.28. The number of fused-ring (bicyclic) bond motifs is 1. The third-order valence-electron chi connectivity index (χ3n) is 4.17. The highest BCUT2D eigenvalue weighted by Crippen LogP contribution is 2.20. The number of nitrogens with one attached hydrogen (secondary N) is 1. The maximum Gasteiger partial charge on any atom is 0.308 e. The Kier molecular flexibility index (Phi) is 3.83. The second-order valence-corrected chi connectivity index (χ2v) is 5.70. The molecule has 1 aliphatic rings. The first-order valence-corrected chi connectivity index (χ1v) is 7.59. The molecule has 2 aromatic rings. The normalized spacial score (nSPS) is 18.6. The van der Waals surface area contributed by atoms with Crippen LogP contribution in [0.2, 0.25) is 0 Å². The van der Waals surface area contributed by atoms with Crippen molar-refractivity contribution in [2.45, 2.75) is 26.2 Å². The zero-order valence-electron chi connectivity index (χ0n) is 12.5. The summed E-state index contributed by atoms with van der Waals surface area (Å²) in [5.74, 6) is -0.501. The fraction of sp³-hybridized carbons (Fsp3) is 0.438. The first kappa shape index (κ1) is 14.6. The molecule has 1 aromatic carbocycles. The van der Waals surface area contributed by atoms with Gasteiger partial charge >= 0.3 is 5.97 Å². The number of amides is 1. The van der Waals surface area contributed by atoms with E-state index in [1.165, 1.54) is 0 Å². The molecule has 0 bridgehead atoms. The van der Waals surface area contributed by atoms with Gasteiger partial charge in [0.2, 0.25) is 0 Å². The molecule has 2 heterocycles. The first-order valence-electron chi connectivity index (χ1n) is 7.59. The predicted octanol–water partition coefficient (Wildman–Crippen LogP) is 2.06. The fourth-order valence-corrected chi connectivity index (χ4v) is 2.91. The minimum atomic E-state index is -0.825. The van der Waals surface area contributed by atoms with E-state index in [0.29, 0.717) is 18.5 Å². The fourth-order valence-electron chi connectivity index (χ4n) is 2.91. The molecule has 6 heteroatoms. The molecule has 6 nitrogen and oxygen atoms in total. The van der Waals surface area contributed by atoms with Gasteiger partial charge in [-0.1, -0.05) is 6.92 Å². The number of nitrogens with zero attached hydrogens (tertiary/aromatic N) is 2. The third-order valence-corrected chi connectivity index (χ3v) is 4.17. The van der Waals surface area contributed by atoms with Gasteiger partial charge in [-0.3, -0.25) is 9.59 Å². The molecule has 116 valence electrons. The SMILES string of the molecule is CCc1nc2ccc(C(=O)N3CCCC(C(=O)O)C3)cc2[nH]1. The monoisotopic (exact) mass is 301 g/mol. The Morgan fingerprint density at radius 3 is 3.00 bits per heavy atom. The van der Waals surface area contributed by atoms with Gasteiger partial charge in [0.1, 0.15) is 5.82 Å². The number of hydrogen-bond donors (Lipinski definition) is 2. The van der Waals surface area contributed by atoms with Gasteiger partial charge in [0, 0.05) is 25.1 Å². The molecular weight excluding hydrogens is 282 g/mol. The zero-order chi connectivity index (χ0) is 15.7. The van der Waals surface area contributed by atoms with E-state index in [-0.39, 0.29) is 12.5 Å². The van der Waals surface area contributed by atoms with Gasteiger partial charge in [-0.05, 0) is 31.0 Å². The van der Waals surface area contributed by atoms with E-state index in [1.807, 2.05) is 13.0 Å². The van der Waals surface area contributed by atoms with Gasteiger partial charge in [-0.15, -0.1) is 0 Å². The quantitative estimate of drug-likeness (QED) is 0.908. The van der Waals surface area contributed by atoms with Crippen LogP contribution in [0.3, 0.4) is 0 Å². The molecule has 1 unspecified atom stereocenters. The van der Waals surface area contributed by atoms with Crippen molar-refractivity contribution in [3.8, 4) is 0 Å². The average molecular weight is 301 g/mol. The second-order valence-electron chi connectivity index (χ2n) is 5.70. The maximum atomic E-state index is 12.6. The lowest BCUT2D eigenvalue weighted by Crippen LogP contribution is -2.42. The summed E-state index contributed by atoms with van der Waals surface area (Å²) in [6.07, 6.45) is 2.18. The van der Waals surface area contributed by atoms with E-state index < -0.39 is 11.9 Å². The number of carbonyl (C=O) groups is 2. The highest BCUT2D eigenvalue weighted by atomic mass is 16.4. The van der Waals surface area contributed by atoms with Gasteiger partial charge in [-0.2, -0.15) is 0 Å². The summed E-state index contributed by atoms with van der Waals surface area (Å²) in [4.78, 5) is 33.0. The first-order chi connectivity index (χ1) is 10.6. The number of carboxylic acids is 1. The molecule has 1 fully saturated rings. The van der Waals surface area contributed by atoms with Crippen molar-refractivity contribution in [1.29, 1.82) is 0 Å². The lowest BCUT2D eigenvalue weighted by atomic mass is 9.97. The van der Waals surface area contributed by atoms with E-state index in [9.17, 15) is 9.59 Å². The number of likely N-dealkylation sites (tertiary alicyclic amines) is 1. The van der Waals surface area contributed by atoms with Crippen LogP contribution in [0.5, 0.6) is 0 Å². The summed E-state index contributed by atoms with van der Waals surface area (Å²) >= 11 is 0. The van der Waals surface area contributed by atoms with Crippen LogP contribution in [0.4, 0.5) is 0 Å². The number of imidazole rings is 1. The number of rotatable bonds is 3. The minimum absolute atomic E-state index is 0.111. The molecule has 1 amide bonds. The molecule has 0 radical (unpaired) electrons. The van der Waals surface area contributed by atoms with Crippen LogP contribution in [0.15, 0.2) is 18.2 Å². The average Bonchev–Trinajstić information content (AvgIpc) is 2.96. The number of aromatic nitrogens is 2. The smallest absolute Gasteiger partial charge is 0.308 e. The van der Waals surface area contributed by atoms with E-state index in [2.05, 4.69) is 9.97 Å². The molecule has 1 saturated heterocycles. The Bertz CT molecular complexity index is 722. The Balaban J connectivity index is 1.83. The standard InChI is InChI=1S/C16H19N3O3/c1-2-14-17-12-6-5-10(8-13(12)18-14)15(20)19-7-3-4-11(9-19)16(21)22/h5-6,8,11H,2-4,7,9H2,1H3,(H,17,18)(H,21,22). The molecule has 0 spiro atoms. The van der Waals surface area contributed by atoms with E-state index in [1.54, 1.807) is 17.0 Å². The Hall–Kier alpha value is -2.37. The number of H-pyrrole nitrogens is 1. The number of aliphatic carboxylic acids is 1. The molecular formula is C16H19N3O3. The molecule has 0 aliphatic carbocycles. The van der Waals surface area contributed by atoms with Crippen LogP contribution in [-0.2, 0) is 11.2 Å². The summed E-state index contributed by atoms with van der Waals surface area (Å²) < 4.78 is 0. The van der Waals surface area contributed by atoms with Crippen molar-refractivity contribution in [3.05, 3.63) is 29.6 Å². The van der Waals surface area contributed by atoms with Crippen molar-refractivity contribution in [3.63, 3.8) is 0 Å². The summed E-state index contributed by atoms with van der Waals surface area (Å²) in [5.41, 5.74) is 2.26. The Morgan fingerprint density at radius 1 is 1.45 bits per heavy atom. The van der Waals surface area contributed by atoms with Gasteiger partial charge in [-0.25, -0.2) is 4.98 Å². The number of benzene rings is 1. The minimum Gasteiger partial charge on any atom is -0.481 e. The number of aromatic amines is 1. The highest BCUT2D eigenvalue weighted by molar-refractivity contribution is 5.97. The van der Waals surface area contributed by atoms with E-state index in [4.69, 9.17) is 5.11 Å². The third kappa shape index (κ3) is 2.68.